The quantitative estimate of drug-likeness (QED) is 0.866. The molecule has 0 radical (unpaired) electrons. The first-order valence-electron chi connectivity index (χ1n) is 4.88. The summed E-state index contributed by atoms with van der Waals surface area (Å²) < 4.78 is 6.92. The first kappa shape index (κ1) is 12.4. The number of aryl methyl sites for hydroxylation is 1. The van der Waals surface area contributed by atoms with Crippen molar-refractivity contribution in [3.05, 3.63) is 50.8 Å². The number of rotatable bonds is 2. The van der Waals surface area contributed by atoms with Gasteiger partial charge in [-0.3, -0.25) is 4.79 Å². The molecule has 0 saturated carbocycles. The maximum atomic E-state index is 11.9. The van der Waals surface area contributed by atoms with Crippen LogP contribution in [0.4, 0.5) is 5.69 Å². The Hall–Kier alpha value is -1.07. The van der Waals surface area contributed by atoms with Gasteiger partial charge in [-0.15, -0.1) is 0 Å². The van der Waals surface area contributed by atoms with E-state index in [0.717, 1.165) is 14.6 Å². The molecule has 0 aliphatic rings. The molecule has 1 N–H and O–H groups in total. The molecule has 0 bridgehead atoms. The SMILES string of the molecule is Cc1occc1C(=O)Nc1ccc(Br)c(Br)c1. The third kappa shape index (κ3) is 2.79. The summed E-state index contributed by atoms with van der Waals surface area (Å²) in [5.41, 5.74) is 1.27. The van der Waals surface area contributed by atoms with E-state index in [1.165, 1.54) is 6.26 Å². The summed E-state index contributed by atoms with van der Waals surface area (Å²) in [6.07, 6.45) is 1.50. The van der Waals surface area contributed by atoms with Gasteiger partial charge in [0.05, 0.1) is 11.8 Å². The van der Waals surface area contributed by atoms with Gasteiger partial charge in [0.1, 0.15) is 5.76 Å². The van der Waals surface area contributed by atoms with Gasteiger partial charge in [0.25, 0.3) is 5.91 Å². The molecule has 0 saturated heterocycles. The molecule has 0 aliphatic heterocycles. The fourth-order valence-corrected chi connectivity index (χ4v) is 2.02. The number of carbonyl (C=O) groups excluding carboxylic acids is 1. The van der Waals surface area contributed by atoms with Crippen molar-refractivity contribution in [1.29, 1.82) is 0 Å². The van der Waals surface area contributed by atoms with Crippen molar-refractivity contribution in [1.82, 2.24) is 0 Å². The molecule has 1 aromatic heterocycles. The minimum Gasteiger partial charge on any atom is -0.469 e. The smallest absolute Gasteiger partial charge is 0.259 e. The number of hydrogen-bond donors (Lipinski definition) is 1. The number of nitrogens with one attached hydrogen (secondary N) is 1. The van der Waals surface area contributed by atoms with Gasteiger partial charge in [0.2, 0.25) is 0 Å². The summed E-state index contributed by atoms with van der Waals surface area (Å²) in [6, 6.07) is 7.17. The normalized spacial score (nSPS) is 10.3. The second-order valence-electron chi connectivity index (χ2n) is 3.47. The van der Waals surface area contributed by atoms with Crippen LogP contribution in [0, 0.1) is 6.92 Å². The third-order valence-corrected chi connectivity index (χ3v) is 4.16. The van der Waals surface area contributed by atoms with E-state index < -0.39 is 0 Å². The zero-order chi connectivity index (χ0) is 12.4. The van der Waals surface area contributed by atoms with Gasteiger partial charge < -0.3 is 9.73 Å². The Bertz CT molecular complexity index is 563. The van der Waals surface area contributed by atoms with E-state index in [-0.39, 0.29) is 5.91 Å². The van der Waals surface area contributed by atoms with Gasteiger partial charge in [0, 0.05) is 14.6 Å². The molecule has 2 rings (SSSR count). The van der Waals surface area contributed by atoms with Crippen LogP contribution in [0.25, 0.3) is 0 Å². The first-order valence-corrected chi connectivity index (χ1v) is 6.47. The molecule has 0 fully saturated rings. The highest BCUT2D eigenvalue weighted by molar-refractivity contribution is 9.13. The summed E-state index contributed by atoms with van der Waals surface area (Å²) in [7, 11) is 0. The molecule has 0 unspecified atom stereocenters. The summed E-state index contributed by atoms with van der Waals surface area (Å²) in [5.74, 6) is 0.434. The number of hydrogen-bond acceptors (Lipinski definition) is 2. The molecule has 88 valence electrons. The van der Waals surface area contributed by atoms with Crippen LogP contribution < -0.4 is 5.32 Å². The maximum absolute atomic E-state index is 11.9. The van der Waals surface area contributed by atoms with E-state index in [9.17, 15) is 4.79 Å². The van der Waals surface area contributed by atoms with Crippen LogP contribution in [0.3, 0.4) is 0 Å². The number of carbonyl (C=O) groups is 1. The van der Waals surface area contributed by atoms with Crippen LogP contribution in [0.1, 0.15) is 16.1 Å². The van der Waals surface area contributed by atoms with Crippen molar-refractivity contribution in [2.45, 2.75) is 6.92 Å². The van der Waals surface area contributed by atoms with Gasteiger partial charge in [-0.25, -0.2) is 0 Å². The van der Waals surface area contributed by atoms with E-state index in [4.69, 9.17) is 4.42 Å². The van der Waals surface area contributed by atoms with Crippen molar-refractivity contribution in [3.63, 3.8) is 0 Å². The lowest BCUT2D eigenvalue weighted by atomic mass is 10.2. The Morgan fingerprint density at radius 1 is 1.24 bits per heavy atom. The maximum Gasteiger partial charge on any atom is 0.259 e. The number of benzene rings is 1. The Balaban J connectivity index is 2.19. The number of anilines is 1. The van der Waals surface area contributed by atoms with Crippen LogP contribution in [0.2, 0.25) is 0 Å². The van der Waals surface area contributed by atoms with Crippen LogP contribution in [-0.2, 0) is 0 Å². The Kier molecular flexibility index (Phi) is 3.69. The zero-order valence-corrected chi connectivity index (χ0v) is 12.1. The first-order chi connectivity index (χ1) is 8.08. The summed E-state index contributed by atoms with van der Waals surface area (Å²) >= 11 is 6.75. The summed E-state index contributed by atoms with van der Waals surface area (Å²) in [4.78, 5) is 11.9. The molecule has 1 aromatic carbocycles. The Morgan fingerprint density at radius 3 is 2.59 bits per heavy atom. The molecule has 1 amide bonds. The van der Waals surface area contributed by atoms with Gasteiger partial charge >= 0.3 is 0 Å². The van der Waals surface area contributed by atoms with Crippen LogP contribution in [0.5, 0.6) is 0 Å². The van der Waals surface area contributed by atoms with E-state index in [1.54, 1.807) is 13.0 Å². The van der Waals surface area contributed by atoms with Gasteiger partial charge in [-0.1, -0.05) is 0 Å². The van der Waals surface area contributed by atoms with Crippen LogP contribution in [0.15, 0.2) is 43.9 Å². The van der Waals surface area contributed by atoms with E-state index in [0.29, 0.717) is 11.3 Å². The lowest BCUT2D eigenvalue weighted by Gasteiger charge is -2.05. The molecule has 3 nitrogen and oxygen atoms in total. The van der Waals surface area contributed by atoms with Crippen molar-refractivity contribution in [2.75, 3.05) is 5.32 Å². The van der Waals surface area contributed by atoms with E-state index in [2.05, 4.69) is 37.2 Å². The van der Waals surface area contributed by atoms with Crippen molar-refractivity contribution in [3.8, 4) is 0 Å². The monoisotopic (exact) mass is 357 g/mol. The zero-order valence-electron chi connectivity index (χ0n) is 8.96. The molecular formula is C12H9Br2NO2. The second kappa shape index (κ2) is 5.06. The molecule has 5 heteroatoms. The van der Waals surface area contributed by atoms with Crippen LogP contribution in [-0.4, -0.2) is 5.91 Å². The van der Waals surface area contributed by atoms with E-state index in [1.807, 2.05) is 18.2 Å². The molecule has 0 atom stereocenters. The van der Waals surface area contributed by atoms with Crippen molar-refractivity contribution < 1.29 is 9.21 Å². The number of amides is 1. The average molecular weight is 359 g/mol. The van der Waals surface area contributed by atoms with Crippen molar-refractivity contribution in [2.24, 2.45) is 0 Å². The lowest BCUT2D eigenvalue weighted by molar-refractivity contribution is 0.102. The molecule has 1 heterocycles. The summed E-state index contributed by atoms with van der Waals surface area (Å²) in [5, 5.41) is 2.80. The Labute approximate surface area is 115 Å². The van der Waals surface area contributed by atoms with Gasteiger partial charge in [-0.2, -0.15) is 0 Å². The predicted molar refractivity (Wildman–Crippen MR) is 73.2 cm³/mol. The molecule has 2 aromatic rings. The lowest BCUT2D eigenvalue weighted by Crippen LogP contribution is -2.11. The average Bonchev–Trinajstić information content (AvgIpc) is 2.70. The highest BCUT2D eigenvalue weighted by Gasteiger charge is 2.11. The standard InChI is InChI=1S/C12H9Br2NO2/c1-7-9(4-5-17-7)12(16)15-8-2-3-10(13)11(14)6-8/h2-6H,1H3,(H,15,16). The van der Waals surface area contributed by atoms with Crippen LogP contribution >= 0.6 is 31.9 Å². The van der Waals surface area contributed by atoms with Crippen molar-refractivity contribution >= 4 is 43.5 Å². The highest BCUT2D eigenvalue weighted by Crippen LogP contribution is 2.26. The predicted octanol–water partition coefficient (Wildman–Crippen LogP) is 4.37. The highest BCUT2D eigenvalue weighted by atomic mass is 79.9. The fraction of sp³-hybridized carbons (Fsp3) is 0.0833. The summed E-state index contributed by atoms with van der Waals surface area (Å²) in [6.45, 7) is 1.76. The Morgan fingerprint density at radius 2 is 2.00 bits per heavy atom. The second-order valence-corrected chi connectivity index (χ2v) is 5.18. The third-order valence-electron chi connectivity index (χ3n) is 2.28. The van der Waals surface area contributed by atoms with E-state index >= 15 is 0 Å². The minimum absolute atomic E-state index is 0.175. The largest absolute Gasteiger partial charge is 0.469 e. The topological polar surface area (TPSA) is 42.2 Å². The number of furan rings is 1. The minimum atomic E-state index is -0.175. The molecular weight excluding hydrogens is 350 g/mol. The van der Waals surface area contributed by atoms with Gasteiger partial charge in [-0.05, 0) is 63.0 Å². The molecule has 17 heavy (non-hydrogen) atoms. The molecule has 0 aliphatic carbocycles. The fourth-order valence-electron chi connectivity index (χ4n) is 1.39. The molecule has 0 spiro atoms. The number of halogens is 2. The van der Waals surface area contributed by atoms with Gasteiger partial charge in [0.15, 0.2) is 0 Å².